The quantitative estimate of drug-likeness (QED) is 0.377. The molecular weight excluding hydrogens is 401 g/mol. The number of ether oxygens (including phenoxy) is 2. The highest BCUT2D eigenvalue weighted by atomic mass is 32.2. The maximum absolute atomic E-state index is 13.6. The number of aryl methyl sites for hydroxylation is 1. The number of esters is 1. The Hall–Kier alpha value is -2.73. The van der Waals surface area contributed by atoms with Crippen LogP contribution in [0.25, 0.3) is 11.6 Å². The number of allylic oxidation sites excluding steroid dienone is 5. The lowest BCUT2D eigenvalue weighted by atomic mass is 9.93. The van der Waals surface area contributed by atoms with Crippen LogP contribution in [-0.4, -0.2) is 23.7 Å². The Morgan fingerprint density at radius 1 is 1.30 bits per heavy atom. The van der Waals surface area contributed by atoms with E-state index < -0.39 is 5.97 Å². The highest BCUT2D eigenvalue weighted by Crippen LogP contribution is 2.34. The van der Waals surface area contributed by atoms with E-state index in [0.29, 0.717) is 5.69 Å². The number of hydrogen-bond acceptors (Lipinski definition) is 4. The van der Waals surface area contributed by atoms with Gasteiger partial charge in [0.05, 0.1) is 19.4 Å². The van der Waals surface area contributed by atoms with Gasteiger partial charge in [-0.3, -0.25) is 0 Å². The maximum atomic E-state index is 13.6. The third-order valence-electron chi connectivity index (χ3n) is 5.08. The van der Waals surface area contributed by atoms with Crippen molar-refractivity contribution in [1.29, 1.82) is 0 Å². The molecule has 0 fully saturated rings. The van der Waals surface area contributed by atoms with Gasteiger partial charge < -0.3 is 9.47 Å². The summed E-state index contributed by atoms with van der Waals surface area (Å²) in [6.45, 7) is 3.95. The van der Waals surface area contributed by atoms with E-state index in [2.05, 4.69) is 18.2 Å². The zero-order chi connectivity index (χ0) is 21.5. The van der Waals surface area contributed by atoms with Crippen molar-refractivity contribution in [1.82, 2.24) is 3.97 Å². The first-order chi connectivity index (χ1) is 14.6. The smallest absolute Gasteiger partial charge is 0.355 e. The predicted octanol–water partition coefficient (Wildman–Crippen LogP) is 6.43. The fraction of sp³-hybridized carbons (Fsp3) is 0.292. The summed E-state index contributed by atoms with van der Waals surface area (Å²) in [7, 11) is 1.68. The SMILES string of the molecule is C/C=C(\C=C/c1ccc(C(=O)OCC)n1SF)C1=CCCCc2cc(OC)ccc21. The first kappa shape index (κ1) is 22.0. The van der Waals surface area contributed by atoms with Crippen LogP contribution in [0.3, 0.4) is 0 Å². The van der Waals surface area contributed by atoms with Crippen molar-refractivity contribution in [2.24, 2.45) is 0 Å². The predicted molar refractivity (Wildman–Crippen MR) is 121 cm³/mol. The van der Waals surface area contributed by atoms with E-state index in [9.17, 15) is 8.68 Å². The number of carbonyl (C=O) groups excluding carboxylic acids is 1. The summed E-state index contributed by atoms with van der Waals surface area (Å²) in [4.78, 5) is 12.0. The number of benzene rings is 1. The molecule has 0 unspecified atom stereocenters. The maximum Gasteiger partial charge on any atom is 0.355 e. The zero-order valence-electron chi connectivity index (χ0n) is 17.5. The highest BCUT2D eigenvalue weighted by Gasteiger charge is 2.17. The van der Waals surface area contributed by atoms with Crippen LogP contribution in [0.5, 0.6) is 5.75 Å². The summed E-state index contributed by atoms with van der Waals surface area (Å²) in [5.74, 6) is 0.319. The van der Waals surface area contributed by atoms with Gasteiger partial charge in [0.1, 0.15) is 11.4 Å². The van der Waals surface area contributed by atoms with Gasteiger partial charge in [0, 0.05) is 0 Å². The number of halogens is 1. The van der Waals surface area contributed by atoms with E-state index in [0.717, 1.165) is 36.2 Å². The highest BCUT2D eigenvalue weighted by molar-refractivity contribution is 7.92. The van der Waals surface area contributed by atoms with E-state index >= 15 is 0 Å². The Kier molecular flexibility index (Phi) is 7.57. The van der Waals surface area contributed by atoms with Gasteiger partial charge >= 0.3 is 5.97 Å². The molecule has 2 aromatic rings. The minimum Gasteiger partial charge on any atom is -0.497 e. The van der Waals surface area contributed by atoms with Crippen molar-refractivity contribution in [3.63, 3.8) is 0 Å². The largest absolute Gasteiger partial charge is 0.497 e. The number of aromatic nitrogens is 1. The number of nitrogens with zero attached hydrogens (tertiary/aromatic N) is 1. The molecule has 1 aliphatic rings. The average molecular weight is 428 g/mol. The molecule has 0 radical (unpaired) electrons. The number of fused-ring (bicyclic) bond motifs is 1. The molecule has 0 amide bonds. The topological polar surface area (TPSA) is 40.5 Å². The Labute approximate surface area is 181 Å². The van der Waals surface area contributed by atoms with Crippen LogP contribution < -0.4 is 4.74 Å². The summed E-state index contributed by atoms with van der Waals surface area (Å²) >= 11 is -0.00965. The molecule has 0 N–H and O–H groups in total. The van der Waals surface area contributed by atoms with Crippen molar-refractivity contribution >= 4 is 30.0 Å². The molecule has 3 rings (SSSR count). The summed E-state index contributed by atoms with van der Waals surface area (Å²) in [6.07, 6.45) is 11.1. The van der Waals surface area contributed by atoms with Gasteiger partial charge in [0.2, 0.25) is 0 Å². The molecule has 30 heavy (non-hydrogen) atoms. The van der Waals surface area contributed by atoms with Crippen LogP contribution in [-0.2, 0) is 11.2 Å². The summed E-state index contributed by atoms with van der Waals surface area (Å²) < 4.78 is 25.2. The van der Waals surface area contributed by atoms with Gasteiger partial charge in [-0.1, -0.05) is 24.3 Å². The second-order valence-corrected chi connectivity index (χ2v) is 7.34. The molecule has 1 aliphatic carbocycles. The third-order valence-corrected chi connectivity index (χ3v) is 5.62. The Balaban J connectivity index is 1.93. The van der Waals surface area contributed by atoms with E-state index in [4.69, 9.17) is 9.47 Å². The Bertz CT molecular complexity index is 1000. The fourth-order valence-electron chi connectivity index (χ4n) is 3.60. The van der Waals surface area contributed by atoms with Crippen LogP contribution in [0.2, 0.25) is 0 Å². The van der Waals surface area contributed by atoms with Gasteiger partial charge in [-0.2, -0.15) is 0 Å². The Morgan fingerprint density at radius 3 is 2.83 bits per heavy atom. The van der Waals surface area contributed by atoms with Crippen LogP contribution in [0, 0.1) is 0 Å². The molecule has 0 bridgehead atoms. The van der Waals surface area contributed by atoms with Gasteiger partial charge in [-0.25, -0.2) is 8.77 Å². The third kappa shape index (κ3) is 4.70. The first-order valence-corrected chi connectivity index (χ1v) is 10.7. The minimum atomic E-state index is -0.539. The molecule has 0 spiro atoms. The number of rotatable bonds is 7. The van der Waals surface area contributed by atoms with Crippen LogP contribution >= 0.6 is 12.3 Å². The first-order valence-electron chi connectivity index (χ1n) is 10.0. The molecule has 1 aromatic carbocycles. The molecule has 1 aromatic heterocycles. The van der Waals surface area contributed by atoms with Crippen LogP contribution in [0.1, 0.15) is 54.0 Å². The molecule has 0 atom stereocenters. The second-order valence-electron chi connectivity index (χ2n) is 6.84. The fourth-order valence-corrected chi connectivity index (χ4v) is 4.01. The van der Waals surface area contributed by atoms with Gasteiger partial charge in [-0.05, 0) is 85.7 Å². The molecule has 0 saturated heterocycles. The van der Waals surface area contributed by atoms with E-state index in [1.807, 2.05) is 31.2 Å². The molecule has 4 nitrogen and oxygen atoms in total. The van der Waals surface area contributed by atoms with Crippen molar-refractivity contribution < 1.29 is 18.2 Å². The molecule has 158 valence electrons. The lowest BCUT2D eigenvalue weighted by molar-refractivity contribution is 0.0518. The molecule has 0 saturated carbocycles. The second kappa shape index (κ2) is 10.3. The molecule has 1 heterocycles. The Morgan fingerprint density at radius 2 is 2.13 bits per heavy atom. The van der Waals surface area contributed by atoms with E-state index in [1.54, 1.807) is 26.2 Å². The van der Waals surface area contributed by atoms with Crippen molar-refractivity contribution in [2.75, 3.05) is 13.7 Å². The molecular formula is C24H26FNO3S. The summed E-state index contributed by atoms with van der Waals surface area (Å²) in [6, 6.07) is 9.46. The zero-order valence-corrected chi connectivity index (χ0v) is 18.3. The minimum absolute atomic E-state index is 0.00965. The number of methoxy groups -OCH3 is 1. The van der Waals surface area contributed by atoms with Crippen molar-refractivity contribution in [3.05, 3.63) is 76.6 Å². The van der Waals surface area contributed by atoms with Gasteiger partial charge in [-0.15, -0.1) is 3.89 Å². The number of carbonyl (C=O) groups is 1. The molecule has 0 aliphatic heterocycles. The normalized spacial score (nSPS) is 14.3. The lowest BCUT2D eigenvalue weighted by Crippen LogP contribution is -2.08. The summed E-state index contributed by atoms with van der Waals surface area (Å²) in [5.41, 5.74) is 5.40. The van der Waals surface area contributed by atoms with Gasteiger partial charge in [0.15, 0.2) is 12.3 Å². The summed E-state index contributed by atoms with van der Waals surface area (Å²) in [5, 5.41) is 0. The van der Waals surface area contributed by atoms with Crippen molar-refractivity contribution in [3.8, 4) is 5.75 Å². The van der Waals surface area contributed by atoms with Crippen molar-refractivity contribution in [2.45, 2.75) is 33.1 Å². The van der Waals surface area contributed by atoms with Gasteiger partial charge in [0.25, 0.3) is 0 Å². The monoisotopic (exact) mass is 427 g/mol. The number of hydrogen-bond donors (Lipinski definition) is 0. The lowest BCUT2D eigenvalue weighted by Gasteiger charge is -2.13. The van der Waals surface area contributed by atoms with Crippen LogP contribution in [0.15, 0.2) is 54.1 Å². The van der Waals surface area contributed by atoms with E-state index in [-0.39, 0.29) is 24.6 Å². The standard InChI is InChI=1S/C24H26FNO3S/c1-4-17(10-11-19-12-15-23(26(19)30-25)24(27)29-5-2)21-9-7-6-8-18-16-20(28-3)13-14-22(18)21/h4,9-16H,5-8H2,1-3H3/b11-10-,17-4+. The average Bonchev–Trinajstić information content (AvgIpc) is 3.07. The van der Waals surface area contributed by atoms with E-state index in [1.165, 1.54) is 15.1 Å². The molecule has 6 heteroatoms. The van der Waals surface area contributed by atoms with Crippen LogP contribution in [0.4, 0.5) is 3.89 Å².